The highest BCUT2D eigenvalue weighted by Gasteiger charge is 2.56. The van der Waals surface area contributed by atoms with E-state index in [4.69, 9.17) is 9.47 Å². The van der Waals surface area contributed by atoms with Crippen LogP contribution in [0.3, 0.4) is 0 Å². The number of amides is 1. The van der Waals surface area contributed by atoms with Gasteiger partial charge >= 0.3 is 0 Å². The van der Waals surface area contributed by atoms with Gasteiger partial charge in [0.2, 0.25) is 5.91 Å². The Morgan fingerprint density at radius 1 is 1.15 bits per heavy atom. The highest BCUT2D eigenvalue weighted by molar-refractivity contribution is 5.81. The molecule has 176 valence electrons. The largest absolute Gasteiger partial charge is 0.496 e. The summed E-state index contributed by atoms with van der Waals surface area (Å²) in [7, 11) is 1.60. The minimum Gasteiger partial charge on any atom is -0.496 e. The van der Waals surface area contributed by atoms with E-state index in [1.807, 2.05) is 45.9 Å². The average Bonchev–Trinajstić information content (AvgIpc) is 3.09. The number of nitrogens with zero attached hydrogens (tertiary/aromatic N) is 3. The van der Waals surface area contributed by atoms with Gasteiger partial charge in [0, 0.05) is 49.5 Å². The molecule has 5 rings (SSSR count). The van der Waals surface area contributed by atoms with Crippen molar-refractivity contribution < 1.29 is 19.4 Å². The Hall–Kier alpha value is -2.68. The minimum atomic E-state index is -0.386. The summed E-state index contributed by atoms with van der Waals surface area (Å²) in [5.74, 6) is 0.0957. The molecule has 4 heterocycles. The fourth-order valence-corrected chi connectivity index (χ4v) is 6.00. The van der Waals surface area contributed by atoms with Crippen molar-refractivity contribution in [1.82, 2.24) is 14.4 Å². The molecule has 2 saturated heterocycles. The number of fused-ring (bicyclic) bond motifs is 4. The van der Waals surface area contributed by atoms with Gasteiger partial charge in [-0.3, -0.25) is 14.5 Å². The Balaban J connectivity index is 1.60. The second kappa shape index (κ2) is 8.93. The fourth-order valence-electron chi connectivity index (χ4n) is 6.00. The number of aliphatic hydroxyl groups is 1. The maximum absolute atomic E-state index is 13.7. The predicted molar refractivity (Wildman–Crippen MR) is 123 cm³/mol. The van der Waals surface area contributed by atoms with E-state index in [2.05, 4.69) is 11.8 Å². The summed E-state index contributed by atoms with van der Waals surface area (Å²) in [5, 5.41) is 10.4. The van der Waals surface area contributed by atoms with Gasteiger partial charge in [0.25, 0.3) is 5.56 Å². The monoisotopic (exact) mass is 453 g/mol. The lowest BCUT2D eigenvalue weighted by Crippen LogP contribution is -2.47. The molecular weight excluding hydrogens is 422 g/mol. The van der Waals surface area contributed by atoms with Crippen LogP contribution >= 0.6 is 0 Å². The minimum absolute atomic E-state index is 0.0537. The third kappa shape index (κ3) is 3.48. The molecule has 0 saturated carbocycles. The number of carbonyl (C=O) groups excluding carboxylic acids is 1. The van der Waals surface area contributed by atoms with Crippen LogP contribution in [0.25, 0.3) is 11.1 Å². The zero-order valence-electron chi connectivity index (χ0n) is 19.1. The summed E-state index contributed by atoms with van der Waals surface area (Å²) in [6.07, 6.45) is 0. The van der Waals surface area contributed by atoms with E-state index in [0.717, 1.165) is 17.8 Å². The average molecular weight is 454 g/mol. The van der Waals surface area contributed by atoms with Crippen molar-refractivity contribution in [3.05, 3.63) is 52.4 Å². The molecule has 0 radical (unpaired) electrons. The lowest BCUT2D eigenvalue weighted by molar-refractivity contribution is -0.142. The summed E-state index contributed by atoms with van der Waals surface area (Å²) in [6, 6.07) is 11.0. The van der Waals surface area contributed by atoms with Gasteiger partial charge in [-0.1, -0.05) is 25.1 Å². The number of rotatable bonds is 5. The molecule has 3 aliphatic rings. The Bertz CT molecular complexity index is 1090. The van der Waals surface area contributed by atoms with Crippen LogP contribution < -0.4 is 10.3 Å². The van der Waals surface area contributed by atoms with Crippen LogP contribution in [0.4, 0.5) is 0 Å². The molecule has 0 unspecified atom stereocenters. The maximum atomic E-state index is 13.7. The number of aliphatic hydroxyl groups excluding tert-OH is 1. The number of pyridine rings is 1. The van der Waals surface area contributed by atoms with E-state index in [1.165, 1.54) is 0 Å². The molecule has 33 heavy (non-hydrogen) atoms. The number of hydrogen-bond donors (Lipinski definition) is 1. The van der Waals surface area contributed by atoms with E-state index < -0.39 is 0 Å². The number of hydrogen-bond acceptors (Lipinski definition) is 6. The van der Waals surface area contributed by atoms with Crippen LogP contribution in [0.2, 0.25) is 0 Å². The molecule has 8 nitrogen and oxygen atoms in total. The van der Waals surface area contributed by atoms with E-state index in [1.54, 1.807) is 7.11 Å². The molecule has 1 aromatic heterocycles. The number of morpholine rings is 1. The van der Waals surface area contributed by atoms with Gasteiger partial charge in [-0.2, -0.15) is 0 Å². The first kappa shape index (κ1) is 22.1. The van der Waals surface area contributed by atoms with Gasteiger partial charge in [0.05, 0.1) is 37.8 Å². The van der Waals surface area contributed by atoms with E-state index in [9.17, 15) is 14.7 Å². The molecular formula is C25H31N3O5. The van der Waals surface area contributed by atoms with Crippen LogP contribution in [-0.2, 0) is 16.1 Å². The van der Waals surface area contributed by atoms with Crippen molar-refractivity contribution in [2.45, 2.75) is 25.6 Å². The van der Waals surface area contributed by atoms with Crippen LogP contribution in [0.15, 0.2) is 41.2 Å². The Morgan fingerprint density at radius 3 is 2.61 bits per heavy atom. The number of benzene rings is 1. The van der Waals surface area contributed by atoms with E-state index >= 15 is 0 Å². The molecule has 4 atom stereocenters. The second-order valence-corrected chi connectivity index (χ2v) is 8.94. The maximum Gasteiger partial charge on any atom is 0.258 e. The van der Waals surface area contributed by atoms with E-state index in [-0.39, 0.29) is 42.0 Å². The number of ether oxygens (including phenoxy) is 2. The third-order valence-electron chi connectivity index (χ3n) is 7.54. The lowest BCUT2D eigenvalue weighted by Gasteiger charge is -2.38. The topological polar surface area (TPSA) is 84.2 Å². The van der Waals surface area contributed by atoms with Crippen LogP contribution in [0.5, 0.6) is 5.75 Å². The van der Waals surface area contributed by atoms with Crippen molar-refractivity contribution in [2.24, 2.45) is 11.8 Å². The number of carbonyl (C=O) groups is 1. The summed E-state index contributed by atoms with van der Waals surface area (Å²) in [4.78, 5) is 31.5. The Morgan fingerprint density at radius 2 is 1.91 bits per heavy atom. The van der Waals surface area contributed by atoms with Crippen molar-refractivity contribution >= 4 is 5.91 Å². The molecule has 0 spiro atoms. The van der Waals surface area contributed by atoms with Crippen molar-refractivity contribution in [2.75, 3.05) is 46.6 Å². The van der Waals surface area contributed by atoms with Crippen LogP contribution in [0.1, 0.15) is 18.7 Å². The molecule has 2 bridgehead atoms. The summed E-state index contributed by atoms with van der Waals surface area (Å²) >= 11 is 0. The zero-order valence-corrected chi connectivity index (χ0v) is 19.1. The first-order valence-electron chi connectivity index (χ1n) is 11.7. The molecule has 2 aromatic rings. The molecule has 1 aromatic carbocycles. The molecule has 3 aliphatic heterocycles. The lowest BCUT2D eigenvalue weighted by atomic mass is 9.86. The summed E-state index contributed by atoms with van der Waals surface area (Å²) in [5.41, 5.74) is 2.10. The molecule has 0 aliphatic carbocycles. The highest BCUT2D eigenvalue weighted by Crippen LogP contribution is 2.49. The SMILES string of the molecule is CCN1[C@@H]2c3ccc(-c4ccccc4OC)c(=O)n3C[C@H]1[C@H](CO)[C@H]2C(=O)N1CCOCC1. The summed E-state index contributed by atoms with van der Waals surface area (Å²) < 4.78 is 12.7. The quantitative estimate of drug-likeness (QED) is 0.736. The number of para-hydroxylation sites is 1. The first-order valence-corrected chi connectivity index (χ1v) is 11.7. The zero-order chi connectivity index (χ0) is 23.1. The molecule has 8 heteroatoms. The smallest absolute Gasteiger partial charge is 0.258 e. The Labute approximate surface area is 193 Å². The Kier molecular flexibility index (Phi) is 5.99. The van der Waals surface area contributed by atoms with Crippen molar-refractivity contribution in [1.29, 1.82) is 0 Å². The van der Waals surface area contributed by atoms with Crippen molar-refractivity contribution in [3.63, 3.8) is 0 Å². The third-order valence-corrected chi connectivity index (χ3v) is 7.54. The summed E-state index contributed by atoms with van der Waals surface area (Å²) in [6.45, 7) is 5.40. The number of aromatic nitrogens is 1. The second-order valence-electron chi connectivity index (χ2n) is 8.94. The van der Waals surface area contributed by atoms with Crippen LogP contribution in [-0.4, -0.2) is 78.0 Å². The highest BCUT2D eigenvalue weighted by atomic mass is 16.5. The van der Waals surface area contributed by atoms with Gasteiger partial charge in [0.1, 0.15) is 5.75 Å². The van der Waals surface area contributed by atoms with Gasteiger partial charge < -0.3 is 24.0 Å². The van der Waals surface area contributed by atoms with E-state index in [0.29, 0.717) is 44.2 Å². The van der Waals surface area contributed by atoms with Gasteiger partial charge in [0.15, 0.2) is 0 Å². The van der Waals surface area contributed by atoms with Gasteiger partial charge in [-0.05, 0) is 24.7 Å². The van der Waals surface area contributed by atoms with Gasteiger partial charge in [-0.15, -0.1) is 0 Å². The van der Waals surface area contributed by atoms with Gasteiger partial charge in [-0.25, -0.2) is 0 Å². The fraction of sp³-hybridized carbons (Fsp3) is 0.520. The predicted octanol–water partition coefficient (Wildman–Crippen LogP) is 1.37. The van der Waals surface area contributed by atoms with Crippen LogP contribution in [0, 0.1) is 11.8 Å². The molecule has 1 amide bonds. The molecule has 1 N–H and O–H groups in total. The normalized spacial score (nSPS) is 26.8. The molecule has 2 fully saturated rings. The number of likely N-dealkylation sites (N-methyl/N-ethyl adjacent to an activating group) is 1. The standard InChI is InChI=1S/C25H31N3O5/c1-3-27-20-14-28-19(9-8-17(24(28)30)16-6-4-5-7-21(16)32-2)23(27)22(18(20)15-29)25(31)26-10-12-33-13-11-26/h4-9,18,20,22-23,29H,3,10-15H2,1-2H3/t18-,20-,22+,23+/m0/s1. The number of methoxy groups -OCH3 is 1. The van der Waals surface area contributed by atoms with Crippen molar-refractivity contribution in [3.8, 4) is 16.9 Å². The first-order chi connectivity index (χ1) is 16.1.